The fourth-order valence-electron chi connectivity index (χ4n) is 2.11. The normalized spacial score (nSPS) is 16.4. The molecule has 0 saturated heterocycles. The van der Waals surface area contributed by atoms with Crippen LogP contribution >= 0.6 is 0 Å². The number of aromatic nitrogens is 1. The van der Waals surface area contributed by atoms with E-state index in [-0.39, 0.29) is 5.75 Å². The van der Waals surface area contributed by atoms with Crippen molar-refractivity contribution in [3.05, 3.63) is 42.0 Å². The number of halogens is 1. The highest BCUT2D eigenvalue weighted by molar-refractivity contribution is 5.82. The van der Waals surface area contributed by atoms with Crippen LogP contribution in [-0.2, 0) is 0 Å². The van der Waals surface area contributed by atoms with E-state index in [2.05, 4.69) is 15.3 Å². The Morgan fingerprint density at radius 3 is 2.95 bits per heavy atom. The largest absolute Gasteiger partial charge is 0.492 e. The number of pyridine rings is 1. The predicted octanol–water partition coefficient (Wildman–Crippen LogP) is 2.31. The number of rotatable bonds is 2. The number of hydrogen-bond acceptors (Lipinski definition) is 5. The van der Waals surface area contributed by atoms with Gasteiger partial charge in [0.15, 0.2) is 5.75 Å². The Bertz CT molecular complexity index is 687. The monoisotopic (exact) mass is 272 g/mol. The van der Waals surface area contributed by atoms with Gasteiger partial charge in [-0.25, -0.2) is 4.98 Å². The maximum atomic E-state index is 13.3. The number of fused-ring (bicyclic) bond motifs is 1. The van der Waals surface area contributed by atoms with E-state index < -0.39 is 12.1 Å². The van der Waals surface area contributed by atoms with Crippen molar-refractivity contribution in [1.82, 2.24) is 4.98 Å². The van der Waals surface area contributed by atoms with Crippen LogP contribution < -0.4 is 15.8 Å². The molecule has 20 heavy (non-hydrogen) atoms. The van der Waals surface area contributed by atoms with Gasteiger partial charge in [0.05, 0.1) is 13.4 Å². The van der Waals surface area contributed by atoms with Gasteiger partial charge in [-0.2, -0.15) is 4.39 Å². The molecule has 0 bridgehead atoms. The summed E-state index contributed by atoms with van der Waals surface area (Å²) in [5, 5.41) is 3.03. The minimum Gasteiger partial charge on any atom is -0.492 e. The lowest BCUT2D eigenvalue weighted by atomic mass is 10.0. The average molecular weight is 272 g/mol. The second kappa shape index (κ2) is 4.90. The van der Waals surface area contributed by atoms with Crippen LogP contribution in [0.3, 0.4) is 0 Å². The van der Waals surface area contributed by atoms with Crippen molar-refractivity contribution in [1.29, 1.82) is 0 Å². The molecule has 2 heterocycles. The molecule has 1 aliphatic heterocycles. The van der Waals surface area contributed by atoms with E-state index in [1.165, 1.54) is 13.3 Å². The number of hydrogen-bond donors (Lipinski definition) is 2. The van der Waals surface area contributed by atoms with Gasteiger partial charge in [-0.05, 0) is 23.8 Å². The van der Waals surface area contributed by atoms with Crippen LogP contribution in [0.2, 0.25) is 0 Å². The van der Waals surface area contributed by atoms with Crippen molar-refractivity contribution < 1.29 is 9.13 Å². The molecule has 0 spiro atoms. The van der Waals surface area contributed by atoms with Crippen LogP contribution in [-0.4, -0.2) is 18.4 Å². The van der Waals surface area contributed by atoms with Gasteiger partial charge in [0.2, 0.25) is 0 Å². The van der Waals surface area contributed by atoms with E-state index in [4.69, 9.17) is 10.5 Å². The first kappa shape index (κ1) is 12.6. The highest BCUT2D eigenvalue weighted by atomic mass is 19.1. The summed E-state index contributed by atoms with van der Waals surface area (Å²) in [5.74, 6) is -0.516. The van der Waals surface area contributed by atoms with Gasteiger partial charge in [-0.1, -0.05) is 6.07 Å². The summed E-state index contributed by atoms with van der Waals surface area (Å²) in [6.07, 6.45) is 2.64. The third-order valence-electron chi connectivity index (χ3n) is 3.19. The van der Waals surface area contributed by atoms with Crippen LogP contribution in [0, 0.1) is 5.95 Å². The topological polar surface area (TPSA) is 72.5 Å². The molecule has 5 nitrogen and oxygen atoms in total. The minimum absolute atomic E-state index is 0.112. The Balaban J connectivity index is 2.06. The molecule has 6 heteroatoms. The van der Waals surface area contributed by atoms with E-state index in [1.807, 2.05) is 18.2 Å². The zero-order chi connectivity index (χ0) is 14.1. The number of nitrogens with one attached hydrogen (secondary N) is 1. The van der Waals surface area contributed by atoms with E-state index in [0.717, 1.165) is 22.4 Å². The van der Waals surface area contributed by atoms with Gasteiger partial charge in [0.25, 0.3) is 5.95 Å². The number of ether oxygens (including phenoxy) is 1. The molecule has 1 aliphatic rings. The highest BCUT2D eigenvalue weighted by Crippen LogP contribution is 2.31. The Hall–Kier alpha value is -2.47. The van der Waals surface area contributed by atoms with Crippen LogP contribution in [0.1, 0.15) is 11.7 Å². The van der Waals surface area contributed by atoms with Crippen LogP contribution in [0.5, 0.6) is 5.75 Å². The Morgan fingerprint density at radius 2 is 2.15 bits per heavy atom. The number of aliphatic imine (C=N–C) groups is 1. The number of anilines is 1. The first-order chi connectivity index (χ1) is 9.69. The van der Waals surface area contributed by atoms with Crippen LogP contribution in [0.25, 0.3) is 11.1 Å². The number of nitrogens with zero attached hydrogens (tertiary/aromatic N) is 2. The highest BCUT2D eigenvalue weighted by Gasteiger charge is 2.15. The molecule has 0 radical (unpaired) electrons. The van der Waals surface area contributed by atoms with E-state index in [1.54, 1.807) is 12.4 Å². The first-order valence-corrected chi connectivity index (χ1v) is 6.06. The number of benzene rings is 1. The number of methoxy groups -OCH3 is 1. The maximum absolute atomic E-state index is 13.3. The Kier molecular flexibility index (Phi) is 3.08. The molecule has 0 amide bonds. The maximum Gasteiger partial charge on any atom is 0.255 e. The molecular formula is C14H13FN4O. The van der Waals surface area contributed by atoms with E-state index in [0.29, 0.717) is 0 Å². The van der Waals surface area contributed by atoms with Crippen molar-refractivity contribution in [3.63, 3.8) is 0 Å². The van der Waals surface area contributed by atoms with E-state index >= 15 is 0 Å². The number of nitrogens with two attached hydrogens (primary N) is 1. The lowest BCUT2D eigenvalue weighted by Crippen LogP contribution is -2.16. The van der Waals surface area contributed by atoms with Gasteiger partial charge >= 0.3 is 0 Å². The quantitative estimate of drug-likeness (QED) is 0.823. The minimum atomic E-state index is -0.628. The lowest BCUT2D eigenvalue weighted by molar-refractivity contribution is 0.378. The second-order valence-electron chi connectivity index (χ2n) is 4.39. The predicted molar refractivity (Wildman–Crippen MR) is 75.2 cm³/mol. The van der Waals surface area contributed by atoms with Crippen molar-refractivity contribution in [2.45, 2.75) is 6.17 Å². The molecular weight excluding hydrogens is 259 g/mol. The average Bonchev–Trinajstić information content (AvgIpc) is 2.48. The molecule has 102 valence electrons. The van der Waals surface area contributed by atoms with Gasteiger partial charge in [-0.3, -0.25) is 4.99 Å². The van der Waals surface area contributed by atoms with Gasteiger partial charge in [-0.15, -0.1) is 0 Å². The summed E-state index contributed by atoms with van der Waals surface area (Å²) < 4.78 is 18.3. The molecule has 0 saturated carbocycles. The fraction of sp³-hybridized carbons (Fsp3) is 0.143. The van der Waals surface area contributed by atoms with Crippen molar-refractivity contribution in [2.24, 2.45) is 10.7 Å². The van der Waals surface area contributed by atoms with Gasteiger partial charge in [0, 0.05) is 23.0 Å². The van der Waals surface area contributed by atoms with Crippen molar-refractivity contribution in [2.75, 3.05) is 12.4 Å². The molecule has 1 unspecified atom stereocenters. The third-order valence-corrected chi connectivity index (χ3v) is 3.19. The Labute approximate surface area is 115 Å². The molecule has 3 N–H and O–H groups in total. The summed E-state index contributed by atoms with van der Waals surface area (Å²) >= 11 is 0. The Morgan fingerprint density at radius 1 is 1.30 bits per heavy atom. The first-order valence-electron chi connectivity index (χ1n) is 6.06. The molecule has 0 fully saturated rings. The molecule has 2 aromatic rings. The van der Waals surface area contributed by atoms with Gasteiger partial charge < -0.3 is 15.8 Å². The molecule has 1 atom stereocenters. The van der Waals surface area contributed by atoms with E-state index in [9.17, 15) is 4.39 Å². The smallest absolute Gasteiger partial charge is 0.255 e. The summed E-state index contributed by atoms with van der Waals surface area (Å²) in [6, 6.07) is 7.34. The van der Waals surface area contributed by atoms with Crippen LogP contribution in [0.4, 0.5) is 10.1 Å². The molecule has 1 aromatic carbocycles. The molecule has 0 aliphatic carbocycles. The van der Waals surface area contributed by atoms with Crippen LogP contribution in [0.15, 0.2) is 35.5 Å². The summed E-state index contributed by atoms with van der Waals surface area (Å²) in [7, 11) is 1.41. The summed E-state index contributed by atoms with van der Waals surface area (Å²) in [6.45, 7) is 0. The molecule has 1 aromatic heterocycles. The summed E-state index contributed by atoms with van der Waals surface area (Å²) in [4.78, 5) is 7.78. The molecule has 3 rings (SSSR count). The SMILES string of the molecule is COc1cc(-c2ccc3c(c2)C(N)N=CN3)cnc1F. The van der Waals surface area contributed by atoms with Crippen molar-refractivity contribution >= 4 is 12.0 Å². The van der Waals surface area contributed by atoms with Crippen molar-refractivity contribution in [3.8, 4) is 16.9 Å². The standard InChI is InChI=1S/C14H13FN4O/c1-20-12-5-9(6-17-13(12)15)8-2-3-11-10(4-8)14(16)19-7-18-11/h2-7,14H,16H2,1H3,(H,18,19). The summed E-state index contributed by atoms with van der Waals surface area (Å²) in [5.41, 5.74) is 9.37. The lowest BCUT2D eigenvalue weighted by Gasteiger charge is -2.18. The third kappa shape index (κ3) is 2.10. The second-order valence-corrected chi connectivity index (χ2v) is 4.39. The fourth-order valence-corrected chi connectivity index (χ4v) is 2.11. The zero-order valence-electron chi connectivity index (χ0n) is 10.8. The van der Waals surface area contributed by atoms with Gasteiger partial charge in [0.1, 0.15) is 6.17 Å². The zero-order valence-corrected chi connectivity index (χ0v) is 10.8.